The number of amides is 1. The minimum atomic E-state index is -0.165. The highest BCUT2D eigenvalue weighted by Crippen LogP contribution is 2.26. The molecule has 4 nitrogen and oxygen atoms in total. The van der Waals surface area contributed by atoms with Crippen LogP contribution in [0.3, 0.4) is 0 Å². The van der Waals surface area contributed by atoms with E-state index in [9.17, 15) is 4.79 Å². The molecular weight excluding hydrogens is 272 g/mol. The van der Waals surface area contributed by atoms with Crippen LogP contribution in [0.25, 0.3) is 10.2 Å². The van der Waals surface area contributed by atoms with E-state index in [-0.39, 0.29) is 18.6 Å². The van der Waals surface area contributed by atoms with Gasteiger partial charge in [-0.25, -0.2) is 4.98 Å². The third kappa shape index (κ3) is 2.98. The van der Waals surface area contributed by atoms with Crippen LogP contribution >= 0.6 is 22.9 Å². The zero-order chi connectivity index (χ0) is 13.1. The van der Waals surface area contributed by atoms with E-state index in [0.29, 0.717) is 16.5 Å². The number of nitrogens with one attached hydrogen (secondary N) is 1. The lowest BCUT2D eigenvalue weighted by Gasteiger charge is -2.12. The first kappa shape index (κ1) is 13.3. The van der Waals surface area contributed by atoms with Crippen LogP contribution in [-0.2, 0) is 0 Å². The van der Waals surface area contributed by atoms with Gasteiger partial charge in [-0.2, -0.15) is 0 Å². The monoisotopic (exact) mass is 284 g/mol. The average molecular weight is 285 g/mol. The number of hydrogen-bond acceptors (Lipinski definition) is 4. The number of aliphatic hydroxyl groups excluding tert-OH is 1. The Hall–Kier alpha value is -1.17. The second-order valence-corrected chi connectivity index (χ2v) is 5.65. The first-order valence-electron chi connectivity index (χ1n) is 5.58. The third-order valence-corrected chi connectivity index (χ3v) is 3.70. The number of carbonyl (C=O) groups excluding carboxylic acids is 1. The molecule has 0 aliphatic carbocycles. The summed E-state index contributed by atoms with van der Waals surface area (Å²) in [6.07, 6.45) is 0.538. The number of carbonyl (C=O) groups is 1. The highest BCUT2D eigenvalue weighted by atomic mass is 35.5. The fourth-order valence-corrected chi connectivity index (χ4v) is 2.62. The van der Waals surface area contributed by atoms with Gasteiger partial charge in [0, 0.05) is 18.2 Å². The number of thiazole rings is 1. The van der Waals surface area contributed by atoms with Gasteiger partial charge in [0.05, 0.1) is 10.2 Å². The maximum Gasteiger partial charge on any atom is 0.251 e. The van der Waals surface area contributed by atoms with Crippen LogP contribution in [-0.4, -0.2) is 28.6 Å². The molecule has 0 spiro atoms. The SMILES string of the molecule is CC(CCO)NC(=O)c1ccc2sc(Cl)nc2c1. The molecule has 1 amide bonds. The van der Waals surface area contributed by atoms with E-state index in [1.54, 1.807) is 12.1 Å². The molecule has 0 radical (unpaired) electrons. The van der Waals surface area contributed by atoms with Crippen LogP contribution in [0.2, 0.25) is 4.47 Å². The minimum absolute atomic E-state index is 0.0577. The van der Waals surface area contributed by atoms with Crippen molar-refractivity contribution in [2.24, 2.45) is 0 Å². The molecule has 0 bridgehead atoms. The molecule has 96 valence electrons. The number of aliphatic hydroxyl groups is 1. The lowest BCUT2D eigenvalue weighted by Crippen LogP contribution is -2.33. The van der Waals surface area contributed by atoms with Crippen LogP contribution in [0.5, 0.6) is 0 Å². The molecule has 2 aromatic rings. The quantitative estimate of drug-likeness (QED) is 0.906. The molecule has 1 atom stereocenters. The fourth-order valence-electron chi connectivity index (χ4n) is 1.61. The Kier molecular flexibility index (Phi) is 4.16. The molecule has 2 N–H and O–H groups in total. The summed E-state index contributed by atoms with van der Waals surface area (Å²) in [6, 6.07) is 5.25. The Balaban J connectivity index is 2.17. The first-order valence-corrected chi connectivity index (χ1v) is 6.77. The van der Waals surface area contributed by atoms with Gasteiger partial charge in [0.25, 0.3) is 5.91 Å². The summed E-state index contributed by atoms with van der Waals surface area (Å²) in [5.41, 5.74) is 1.28. The maximum atomic E-state index is 11.9. The molecular formula is C12H13ClN2O2S. The molecule has 0 saturated carbocycles. The summed E-state index contributed by atoms with van der Waals surface area (Å²) < 4.78 is 1.43. The Morgan fingerprint density at radius 3 is 3.11 bits per heavy atom. The molecule has 1 aromatic heterocycles. The first-order chi connectivity index (χ1) is 8.60. The molecule has 0 saturated heterocycles. The molecule has 2 rings (SSSR count). The van der Waals surface area contributed by atoms with Crippen LogP contribution in [0.4, 0.5) is 0 Å². The van der Waals surface area contributed by atoms with Gasteiger partial charge in [-0.3, -0.25) is 4.79 Å². The topological polar surface area (TPSA) is 62.2 Å². The van der Waals surface area contributed by atoms with Crippen molar-refractivity contribution >= 4 is 39.1 Å². The largest absolute Gasteiger partial charge is 0.396 e. The van der Waals surface area contributed by atoms with Crippen molar-refractivity contribution in [3.63, 3.8) is 0 Å². The van der Waals surface area contributed by atoms with Crippen molar-refractivity contribution in [3.05, 3.63) is 28.2 Å². The van der Waals surface area contributed by atoms with Crippen LogP contribution < -0.4 is 5.32 Å². The van der Waals surface area contributed by atoms with Crippen LogP contribution in [0, 0.1) is 0 Å². The van der Waals surface area contributed by atoms with E-state index < -0.39 is 0 Å². The summed E-state index contributed by atoms with van der Waals surface area (Å²) in [5.74, 6) is -0.165. The molecule has 6 heteroatoms. The predicted molar refractivity (Wildman–Crippen MR) is 73.3 cm³/mol. The molecule has 1 unspecified atom stereocenters. The normalized spacial score (nSPS) is 12.6. The standard InChI is InChI=1S/C12H13ClN2O2S/c1-7(4-5-16)14-11(17)8-2-3-10-9(6-8)15-12(13)18-10/h2-3,6-7,16H,4-5H2,1H3,(H,14,17). The fraction of sp³-hybridized carbons (Fsp3) is 0.333. The van der Waals surface area contributed by atoms with E-state index in [1.807, 2.05) is 13.0 Å². The molecule has 0 aliphatic rings. The number of hydrogen-bond donors (Lipinski definition) is 2. The number of rotatable bonds is 4. The summed E-state index contributed by atoms with van der Waals surface area (Å²) in [4.78, 5) is 16.1. The van der Waals surface area contributed by atoms with Crippen molar-refractivity contribution in [1.82, 2.24) is 10.3 Å². The summed E-state index contributed by atoms with van der Waals surface area (Å²) in [6.45, 7) is 1.91. The number of halogens is 1. The number of fused-ring (bicyclic) bond motifs is 1. The van der Waals surface area contributed by atoms with Gasteiger partial charge in [0.15, 0.2) is 4.47 Å². The highest BCUT2D eigenvalue weighted by molar-refractivity contribution is 7.22. The van der Waals surface area contributed by atoms with Gasteiger partial charge in [-0.1, -0.05) is 11.6 Å². The molecule has 0 aliphatic heterocycles. The van der Waals surface area contributed by atoms with Gasteiger partial charge in [-0.05, 0) is 31.5 Å². The van der Waals surface area contributed by atoms with Crippen molar-refractivity contribution in [2.75, 3.05) is 6.61 Å². The van der Waals surface area contributed by atoms with E-state index >= 15 is 0 Å². The molecule has 0 fully saturated rings. The van der Waals surface area contributed by atoms with E-state index in [1.165, 1.54) is 11.3 Å². The zero-order valence-corrected chi connectivity index (χ0v) is 11.4. The van der Waals surface area contributed by atoms with Gasteiger partial charge in [-0.15, -0.1) is 11.3 Å². The van der Waals surface area contributed by atoms with Gasteiger partial charge in [0.2, 0.25) is 0 Å². The Bertz CT molecular complexity index is 570. The summed E-state index contributed by atoms with van der Waals surface area (Å²) in [5, 5.41) is 11.6. The van der Waals surface area contributed by atoms with Gasteiger partial charge in [0.1, 0.15) is 0 Å². The molecule has 1 heterocycles. The summed E-state index contributed by atoms with van der Waals surface area (Å²) >= 11 is 7.20. The Morgan fingerprint density at radius 1 is 1.61 bits per heavy atom. The number of benzene rings is 1. The summed E-state index contributed by atoms with van der Waals surface area (Å²) in [7, 11) is 0. The second kappa shape index (κ2) is 5.65. The van der Waals surface area contributed by atoms with Gasteiger partial charge >= 0.3 is 0 Å². The zero-order valence-electron chi connectivity index (χ0n) is 9.81. The van der Waals surface area contributed by atoms with Crippen molar-refractivity contribution in [2.45, 2.75) is 19.4 Å². The van der Waals surface area contributed by atoms with E-state index in [0.717, 1.165) is 10.2 Å². The minimum Gasteiger partial charge on any atom is -0.396 e. The van der Waals surface area contributed by atoms with Crippen molar-refractivity contribution in [3.8, 4) is 0 Å². The molecule has 1 aromatic carbocycles. The average Bonchev–Trinajstić information content (AvgIpc) is 2.68. The predicted octanol–water partition coefficient (Wildman–Crippen LogP) is 2.45. The second-order valence-electron chi connectivity index (χ2n) is 4.04. The number of aromatic nitrogens is 1. The van der Waals surface area contributed by atoms with Crippen molar-refractivity contribution < 1.29 is 9.90 Å². The van der Waals surface area contributed by atoms with E-state index in [4.69, 9.17) is 16.7 Å². The van der Waals surface area contributed by atoms with Crippen molar-refractivity contribution in [1.29, 1.82) is 0 Å². The lowest BCUT2D eigenvalue weighted by molar-refractivity contribution is 0.0934. The Morgan fingerprint density at radius 2 is 2.39 bits per heavy atom. The van der Waals surface area contributed by atoms with Gasteiger partial charge < -0.3 is 10.4 Å². The smallest absolute Gasteiger partial charge is 0.251 e. The van der Waals surface area contributed by atoms with E-state index in [2.05, 4.69) is 10.3 Å². The third-order valence-electron chi connectivity index (χ3n) is 2.56. The molecule has 18 heavy (non-hydrogen) atoms. The van der Waals surface area contributed by atoms with Crippen LogP contribution in [0.15, 0.2) is 18.2 Å². The Labute approximate surface area is 114 Å². The number of nitrogens with zero attached hydrogens (tertiary/aromatic N) is 1. The lowest BCUT2D eigenvalue weighted by atomic mass is 10.1. The maximum absolute atomic E-state index is 11.9. The highest BCUT2D eigenvalue weighted by Gasteiger charge is 2.11. The van der Waals surface area contributed by atoms with Crippen LogP contribution in [0.1, 0.15) is 23.7 Å².